The number of para-hydroxylation sites is 1. The first kappa shape index (κ1) is 20.7. The highest BCUT2D eigenvalue weighted by Gasteiger charge is 2.14. The summed E-state index contributed by atoms with van der Waals surface area (Å²) in [6.45, 7) is 2.09. The Balaban J connectivity index is 1.45. The van der Waals surface area contributed by atoms with Crippen LogP contribution < -0.4 is 10.6 Å². The first-order valence-corrected chi connectivity index (χ1v) is 9.22. The molecule has 30 heavy (non-hydrogen) atoms. The van der Waals surface area contributed by atoms with E-state index in [1.807, 2.05) is 12.1 Å². The van der Waals surface area contributed by atoms with Crippen LogP contribution in [0.4, 0.5) is 11.4 Å². The number of benzene rings is 2. The van der Waals surface area contributed by atoms with Crippen molar-refractivity contribution >= 4 is 34.2 Å². The second kappa shape index (κ2) is 9.46. The van der Waals surface area contributed by atoms with E-state index in [0.717, 1.165) is 0 Å². The molecule has 3 aromatic rings. The maximum atomic E-state index is 12.4. The molecule has 0 fully saturated rings. The number of nitro benzene ring substituents is 1. The Bertz CT molecular complexity index is 1080. The van der Waals surface area contributed by atoms with Crippen LogP contribution in [0.1, 0.15) is 16.1 Å². The Kier molecular flexibility index (Phi) is 6.53. The molecule has 0 atom stereocenters. The second-order valence-corrected chi connectivity index (χ2v) is 6.49. The minimum Gasteiger partial charge on any atom is -0.452 e. The zero-order valence-electron chi connectivity index (χ0n) is 16.3. The van der Waals surface area contributed by atoms with E-state index in [-0.39, 0.29) is 5.69 Å². The van der Waals surface area contributed by atoms with Gasteiger partial charge in [0.05, 0.1) is 16.0 Å². The van der Waals surface area contributed by atoms with Gasteiger partial charge in [0, 0.05) is 42.0 Å². The predicted molar refractivity (Wildman–Crippen MR) is 111 cm³/mol. The van der Waals surface area contributed by atoms with E-state index < -0.39 is 23.4 Å². The minimum atomic E-state index is -0.587. The molecule has 1 aromatic heterocycles. The smallest absolute Gasteiger partial charge is 0.339 e. The molecule has 1 heterocycles. The van der Waals surface area contributed by atoms with Gasteiger partial charge >= 0.3 is 5.97 Å². The van der Waals surface area contributed by atoms with Gasteiger partial charge in [0.2, 0.25) is 0 Å². The summed E-state index contributed by atoms with van der Waals surface area (Å²) in [7, 11) is 0. The second-order valence-electron chi connectivity index (χ2n) is 6.49. The van der Waals surface area contributed by atoms with Crippen molar-refractivity contribution in [1.29, 1.82) is 0 Å². The van der Waals surface area contributed by atoms with Gasteiger partial charge in [-0.2, -0.15) is 0 Å². The molecule has 0 unspecified atom stereocenters. The fourth-order valence-electron chi connectivity index (χ4n) is 2.85. The van der Waals surface area contributed by atoms with Crippen LogP contribution in [0.3, 0.4) is 0 Å². The number of fused-ring (bicyclic) bond motifs is 1. The Hall–Kier alpha value is -4.01. The van der Waals surface area contributed by atoms with Crippen molar-refractivity contribution < 1.29 is 19.2 Å². The van der Waals surface area contributed by atoms with Gasteiger partial charge in [-0.3, -0.25) is 19.9 Å². The number of pyridine rings is 1. The molecule has 0 aliphatic heterocycles. The van der Waals surface area contributed by atoms with Crippen LogP contribution >= 0.6 is 0 Å². The van der Waals surface area contributed by atoms with Crippen molar-refractivity contribution in [3.8, 4) is 0 Å². The number of aromatic nitrogens is 1. The number of nitro groups is 1. The normalized spacial score (nSPS) is 10.4. The van der Waals surface area contributed by atoms with E-state index >= 15 is 0 Å². The predicted octanol–water partition coefficient (Wildman–Crippen LogP) is 2.84. The van der Waals surface area contributed by atoms with Crippen molar-refractivity contribution in [2.45, 2.75) is 6.92 Å². The van der Waals surface area contributed by atoms with Crippen LogP contribution in [-0.4, -0.2) is 41.5 Å². The van der Waals surface area contributed by atoms with Gasteiger partial charge in [0.1, 0.15) is 0 Å². The number of amides is 1. The SMILES string of the molecule is Cc1cc(C(=O)OCC(=O)NCCNc2ccc([N+](=O)[O-])cc2)c2ccccc2n1. The Morgan fingerprint density at radius 1 is 1.10 bits per heavy atom. The number of ether oxygens (including phenoxy) is 1. The zero-order chi connectivity index (χ0) is 21.5. The maximum absolute atomic E-state index is 12.4. The lowest BCUT2D eigenvalue weighted by Crippen LogP contribution is -2.32. The van der Waals surface area contributed by atoms with Crippen LogP contribution in [0.5, 0.6) is 0 Å². The number of nitrogens with zero attached hydrogens (tertiary/aromatic N) is 2. The number of rotatable bonds is 8. The lowest BCUT2D eigenvalue weighted by Gasteiger charge is -2.10. The number of esters is 1. The van der Waals surface area contributed by atoms with E-state index in [2.05, 4.69) is 15.6 Å². The summed E-state index contributed by atoms with van der Waals surface area (Å²) >= 11 is 0. The van der Waals surface area contributed by atoms with E-state index in [9.17, 15) is 19.7 Å². The molecular weight excluding hydrogens is 388 g/mol. The molecule has 0 radical (unpaired) electrons. The summed E-state index contributed by atoms with van der Waals surface area (Å²) in [5.74, 6) is -1.01. The molecule has 2 aromatic carbocycles. The highest BCUT2D eigenvalue weighted by Crippen LogP contribution is 2.19. The molecule has 9 heteroatoms. The molecular formula is C21H20N4O5. The van der Waals surface area contributed by atoms with Gasteiger partial charge in [0.25, 0.3) is 11.6 Å². The number of aryl methyl sites for hydroxylation is 1. The standard InChI is InChI=1S/C21H20N4O5/c1-14-12-18(17-4-2-3-5-19(17)24-14)21(27)30-13-20(26)23-11-10-22-15-6-8-16(9-7-15)25(28)29/h2-9,12,22H,10-11,13H2,1H3,(H,23,26). The van der Waals surface area contributed by atoms with Gasteiger partial charge < -0.3 is 15.4 Å². The first-order chi connectivity index (χ1) is 14.4. The molecule has 0 saturated heterocycles. The Labute approximate surface area is 172 Å². The Morgan fingerprint density at radius 3 is 2.57 bits per heavy atom. The van der Waals surface area contributed by atoms with Crippen molar-refractivity contribution in [3.05, 3.63) is 76.0 Å². The van der Waals surface area contributed by atoms with E-state index in [1.165, 1.54) is 12.1 Å². The van der Waals surface area contributed by atoms with Gasteiger partial charge in [-0.15, -0.1) is 0 Å². The molecule has 154 valence electrons. The van der Waals surface area contributed by atoms with Crippen LogP contribution in [-0.2, 0) is 9.53 Å². The molecule has 3 rings (SSSR count). The summed E-state index contributed by atoms with van der Waals surface area (Å²) in [5.41, 5.74) is 2.44. The average molecular weight is 408 g/mol. The van der Waals surface area contributed by atoms with Crippen LogP contribution in [0.2, 0.25) is 0 Å². The third kappa shape index (κ3) is 5.28. The summed E-state index contributed by atoms with van der Waals surface area (Å²) in [6.07, 6.45) is 0. The summed E-state index contributed by atoms with van der Waals surface area (Å²) < 4.78 is 5.14. The maximum Gasteiger partial charge on any atom is 0.339 e. The molecule has 0 spiro atoms. The lowest BCUT2D eigenvalue weighted by atomic mass is 10.1. The lowest BCUT2D eigenvalue weighted by molar-refractivity contribution is -0.384. The van der Waals surface area contributed by atoms with Gasteiger partial charge in [0.15, 0.2) is 6.61 Å². The number of hydrogen-bond donors (Lipinski definition) is 2. The van der Waals surface area contributed by atoms with Gasteiger partial charge in [-0.1, -0.05) is 18.2 Å². The number of carbonyl (C=O) groups excluding carboxylic acids is 2. The zero-order valence-corrected chi connectivity index (χ0v) is 16.3. The largest absolute Gasteiger partial charge is 0.452 e. The van der Waals surface area contributed by atoms with Crippen molar-refractivity contribution in [3.63, 3.8) is 0 Å². The molecule has 0 bridgehead atoms. The molecule has 9 nitrogen and oxygen atoms in total. The highest BCUT2D eigenvalue weighted by molar-refractivity contribution is 6.04. The highest BCUT2D eigenvalue weighted by atomic mass is 16.6. The fraction of sp³-hybridized carbons (Fsp3) is 0.190. The van der Waals surface area contributed by atoms with E-state index in [0.29, 0.717) is 40.9 Å². The molecule has 1 amide bonds. The van der Waals surface area contributed by atoms with Crippen molar-refractivity contribution in [2.24, 2.45) is 0 Å². The number of non-ortho nitro benzene ring substituents is 1. The Morgan fingerprint density at radius 2 is 1.83 bits per heavy atom. The quantitative estimate of drug-likeness (QED) is 0.254. The van der Waals surface area contributed by atoms with E-state index in [4.69, 9.17) is 4.74 Å². The topological polar surface area (TPSA) is 123 Å². The van der Waals surface area contributed by atoms with E-state index in [1.54, 1.807) is 37.3 Å². The molecule has 0 aliphatic carbocycles. The van der Waals surface area contributed by atoms with Crippen molar-refractivity contribution in [1.82, 2.24) is 10.3 Å². The third-order valence-corrected chi connectivity index (χ3v) is 4.25. The number of hydrogen-bond acceptors (Lipinski definition) is 7. The monoisotopic (exact) mass is 408 g/mol. The van der Waals surface area contributed by atoms with Crippen LogP contribution in [0, 0.1) is 17.0 Å². The molecule has 0 saturated carbocycles. The van der Waals surface area contributed by atoms with Gasteiger partial charge in [-0.05, 0) is 31.2 Å². The summed E-state index contributed by atoms with van der Waals surface area (Å²) in [5, 5.41) is 17.0. The molecule has 2 N–H and O–H groups in total. The number of anilines is 1. The minimum absolute atomic E-state index is 0.00726. The third-order valence-electron chi connectivity index (χ3n) is 4.25. The van der Waals surface area contributed by atoms with Crippen LogP contribution in [0.15, 0.2) is 54.6 Å². The first-order valence-electron chi connectivity index (χ1n) is 9.22. The van der Waals surface area contributed by atoms with Gasteiger partial charge in [-0.25, -0.2) is 4.79 Å². The average Bonchev–Trinajstić information content (AvgIpc) is 2.74. The number of carbonyl (C=O) groups is 2. The van der Waals surface area contributed by atoms with Crippen molar-refractivity contribution in [2.75, 3.05) is 25.0 Å². The number of nitrogens with one attached hydrogen (secondary N) is 2. The fourth-order valence-corrected chi connectivity index (χ4v) is 2.85. The summed E-state index contributed by atoms with van der Waals surface area (Å²) in [4.78, 5) is 38.9. The molecule has 0 aliphatic rings. The van der Waals surface area contributed by atoms with Crippen LogP contribution in [0.25, 0.3) is 10.9 Å². The summed E-state index contributed by atoms with van der Waals surface area (Å²) in [6, 6.07) is 14.8.